The Hall–Kier alpha value is -1.99. The minimum Gasteiger partial charge on any atom is -0.435 e. The predicted octanol–water partition coefficient (Wildman–Crippen LogP) is 4.53. The summed E-state index contributed by atoms with van der Waals surface area (Å²) in [7, 11) is 0. The minimum absolute atomic E-state index is 0.406. The van der Waals surface area contributed by atoms with Crippen molar-refractivity contribution in [3.63, 3.8) is 0 Å². The summed E-state index contributed by atoms with van der Waals surface area (Å²) in [5.41, 5.74) is 2.39. The highest BCUT2D eigenvalue weighted by molar-refractivity contribution is 6.33. The lowest BCUT2D eigenvalue weighted by atomic mass is 10.2. The molecule has 0 aliphatic rings. The molecule has 0 aliphatic heterocycles. The summed E-state index contributed by atoms with van der Waals surface area (Å²) in [5.74, 6) is 5.94. The van der Waals surface area contributed by atoms with Gasteiger partial charge in [0, 0.05) is 5.02 Å². The fourth-order valence-corrected chi connectivity index (χ4v) is 2.45. The van der Waals surface area contributed by atoms with Crippen LogP contribution in [0.3, 0.4) is 0 Å². The maximum absolute atomic E-state index is 9.30. The Kier molecular flexibility index (Phi) is 4.08. The molecule has 5 heteroatoms. The number of benzene rings is 2. The van der Waals surface area contributed by atoms with Crippen LogP contribution < -0.4 is 0 Å². The monoisotopic (exact) mass is 331 g/mol. The van der Waals surface area contributed by atoms with Gasteiger partial charge in [0.1, 0.15) is 11.6 Å². The first-order valence-electron chi connectivity index (χ1n) is 6.59. The normalized spacial score (nSPS) is 12.0. The topological polar surface area (TPSA) is 46.3 Å². The highest BCUT2D eigenvalue weighted by Crippen LogP contribution is 2.32. The van der Waals surface area contributed by atoms with Gasteiger partial charge in [-0.1, -0.05) is 47.2 Å². The SMILES string of the molecule is CC(O)C#Cc1cc(Cl)cc2nc(-c3ccccc3Cl)oc12. The summed E-state index contributed by atoms with van der Waals surface area (Å²) in [5, 5.41) is 10.4. The number of rotatable bonds is 1. The van der Waals surface area contributed by atoms with Crippen LogP contribution >= 0.6 is 23.2 Å². The molecule has 1 aromatic heterocycles. The van der Waals surface area contributed by atoms with Crippen molar-refractivity contribution in [3.8, 4) is 23.3 Å². The van der Waals surface area contributed by atoms with E-state index < -0.39 is 6.10 Å². The second kappa shape index (κ2) is 6.02. The van der Waals surface area contributed by atoms with Crippen LogP contribution in [0.1, 0.15) is 12.5 Å². The third-order valence-electron chi connectivity index (χ3n) is 2.97. The van der Waals surface area contributed by atoms with Crippen LogP contribution in [-0.2, 0) is 0 Å². The van der Waals surface area contributed by atoms with Crippen molar-refractivity contribution >= 4 is 34.3 Å². The number of oxazole rings is 1. The number of aliphatic hydroxyl groups excluding tert-OH is 1. The van der Waals surface area contributed by atoms with Crippen LogP contribution in [0.5, 0.6) is 0 Å². The van der Waals surface area contributed by atoms with Gasteiger partial charge in [0.05, 0.1) is 16.1 Å². The maximum Gasteiger partial charge on any atom is 0.228 e. The molecule has 3 rings (SSSR count). The summed E-state index contributed by atoms with van der Waals surface area (Å²) in [6.45, 7) is 1.59. The molecule has 0 fully saturated rings. The van der Waals surface area contributed by atoms with Gasteiger partial charge in [-0.15, -0.1) is 0 Å². The number of hydrogen-bond acceptors (Lipinski definition) is 3. The van der Waals surface area contributed by atoms with E-state index in [4.69, 9.17) is 27.6 Å². The molecule has 0 radical (unpaired) electrons. The first kappa shape index (κ1) is 14.9. The summed E-state index contributed by atoms with van der Waals surface area (Å²) in [6.07, 6.45) is -0.736. The van der Waals surface area contributed by atoms with E-state index in [1.165, 1.54) is 0 Å². The third-order valence-corrected chi connectivity index (χ3v) is 3.52. The van der Waals surface area contributed by atoms with Crippen LogP contribution in [0.15, 0.2) is 40.8 Å². The lowest BCUT2D eigenvalue weighted by molar-refractivity contribution is 0.253. The lowest BCUT2D eigenvalue weighted by Crippen LogP contribution is -1.92. The summed E-state index contributed by atoms with van der Waals surface area (Å²) in [6, 6.07) is 10.7. The molecule has 22 heavy (non-hydrogen) atoms. The second-order valence-electron chi connectivity index (χ2n) is 4.75. The first-order chi connectivity index (χ1) is 10.5. The van der Waals surface area contributed by atoms with Crippen molar-refractivity contribution in [2.75, 3.05) is 0 Å². The molecule has 3 nitrogen and oxygen atoms in total. The Bertz CT molecular complexity index is 904. The Morgan fingerprint density at radius 2 is 2.00 bits per heavy atom. The van der Waals surface area contributed by atoms with Gasteiger partial charge < -0.3 is 9.52 Å². The first-order valence-corrected chi connectivity index (χ1v) is 7.35. The van der Waals surface area contributed by atoms with Crippen molar-refractivity contribution < 1.29 is 9.52 Å². The number of aliphatic hydroxyl groups is 1. The van der Waals surface area contributed by atoms with Crippen molar-refractivity contribution in [1.82, 2.24) is 4.98 Å². The summed E-state index contributed by atoms with van der Waals surface area (Å²) in [4.78, 5) is 4.43. The fourth-order valence-electron chi connectivity index (χ4n) is 2.02. The molecule has 0 spiro atoms. The molecule has 1 atom stereocenters. The van der Waals surface area contributed by atoms with Gasteiger partial charge in [0.15, 0.2) is 5.58 Å². The Balaban J connectivity index is 2.20. The van der Waals surface area contributed by atoms with Gasteiger partial charge in [-0.05, 0) is 31.2 Å². The number of hydrogen-bond donors (Lipinski definition) is 1. The van der Waals surface area contributed by atoms with Crippen molar-refractivity contribution in [1.29, 1.82) is 0 Å². The van der Waals surface area contributed by atoms with E-state index >= 15 is 0 Å². The standard InChI is InChI=1S/C17H11Cl2NO2/c1-10(21)6-7-11-8-12(18)9-15-16(11)22-17(20-15)13-4-2-3-5-14(13)19/h2-5,8-10,21H,1H3. The molecule has 0 bridgehead atoms. The van der Waals surface area contributed by atoms with Gasteiger partial charge in [-0.3, -0.25) is 0 Å². The molecule has 0 amide bonds. The average Bonchev–Trinajstić information content (AvgIpc) is 2.88. The molecule has 2 aromatic carbocycles. The maximum atomic E-state index is 9.30. The molecule has 3 aromatic rings. The highest BCUT2D eigenvalue weighted by Gasteiger charge is 2.14. The minimum atomic E-state index is -0.736. The number of halogens is 2. The van der Waals surface area contributed by atoms with E-state index in [0.29, 0.717) is 38.2 Å². The lowest BCUT2D eigenvalue weighted by Gasteiger charge is -1.97. The van der Waals surface area contributed by atoms with Gasteiger partial charge in [0.25, 0.3) is 0 Å². The van der Waals surface area contributed by atoms with Gasteiger partial charge >= 0.3 is 0 Å². The summed E-state index contributed by atoms with van der Waals surface area (Å²) >= 11 is 12.3. The van der Waals surface area contributed by atoms with Crippen LogP contribution in [0.25, 0.3) is 22.6 Å². The second-order valence-corrected chi connectivity index (χ2v) is 5.59. The van der Waals surface area contributed by atoms with Crippen LogP contribution in [0, 0.1) is 11.8 Å². The van der Waals surface area contributed by atoms with Crippen LogP contribution in [0.4, 0.5) is 0 Å². The van der Waals surface area contributed by atoms with Gasteiger partial charge in [-0.2, -0.15) is 0 Å². The Morgan fingerprint density at radius 3 is 2.73 bits per heavy atom. The molecule has 0 saturated carbocycles. The van der Waals surface area contributed by atoms with Crippen LogP contribution in [0.2, 0.25) is 10.0 Å². The molecular weight excluding hydrogens is 321 g/mol. The average molecular weight is 332 g/mol. The molecule has 1 heterocycles. The van der Waals surface area contributed by atoms with Crippen molar-refractivity contribution in [2.45, 2.75) is 13.0 Å². The zero-order chi connectivity index (χ0) is 15.7. The highest BCUT2D eigenvalue weighted by atomic mass is 35.5. The molecule has 1 unspecified atom stereocenters. The quantitative estimate of drug-likeness (QED) is 0.666. The van der Waals surface area contributed by atoms with Crippen LogP contribution in [-0.4, -0.2) is 16.2 Å². The summed E-state index contributed by atoms with van der Waals surface area (Å²) < 4.78 is 5.82. The van der Waals surface area contributed by atoms with Crippen molar-refractivity contribution in [3.05, 3.63) is 52.0 Å². The zero-order valence-electron chi connectivity index (χ0n) is 11.6. The molecule has 0 aliphatic carbocycles. The number of nitrogens with zero attached hydrogens (tertiary/aromatic N) is 1. The van der Waals surface area contributed by atoms with E-state index in [1.54, 1.807) is 25.1 Å². The molecule has 0 saturated heterocycles. The molecular formula is C17H11Cl2NO2. The van der Waals surface area contributed by atoms with E-state index in [9.17, 15) is 5.11 Å². The molecule has 1 N–H and O–H groups in total. The van der Waals surface area contributed by atoms with Crippen molar-refractivity contribution in [2.24, 2.45) is 0 Å². The third kappa shape index (κ3) is 2.95. The van der Waals surface area contributed by atoms with E-state index in [2.05, 4.69) is 16.8 Å². The largest absolute Gasteiger partial charge is 0.435 e. The van der Waals surface area contributed by atoms with E-state index in [1.807, 2.05) is 18.2 Å². The smallest absolute Gasteiger partial charge is 0.228 e. The van der Waals surface area contributed by atoms with Gasteiger partial charge in [0.2, 0.25) is 5.89 Å². The fraction of sp³-hybridized carbons (Fsp3) is 0.118. The number of fused-ring (bicyclic) bond motifs is 1. The zero-order valence-corrected chi connectivity index (χ0v) is 13.1. The Morgan fingerprint density at radius 1 is 1.23 bits per heavy atom. The van der Waals surface area contributed by atoms with Gasteiger partial charge in [-0.25, -0.2) is 4.98 Å². The number of aromatic nitrogens is 1. The Labute approximate surface area is 137 Å². The van der Waals surface area contributed by atoms with E-state index in [-0.39, 0.29) is 0 Å². The van der Waals surface area contributed by atoms with E-state index in [0.717, 1.165) is 0 Å². The predicted molar refractivity (Wildman–Crippen MR) is 88.0 cm³/mol. The molecule has 110 valence electrons.